The highest BCUT2D eigenvalue weighted by atomic mass is 15.2. The van der Waals surface area contributed by atoms with E-state index in [0.29, 0.717) is 18.0 Å². The van der Waals surface area contributed by atoms with Gasteiger partial charge in [0.2, 0.25) is 0 Å². The van der Waals surface area contributed by atoms with E-state index in [1.54, 1.807) is 0 Å². The van der Waals surface area contributed by atoms with Crippen LogP contribution >= 0.6 is 0 Å². The Morgan fingerprint density at radius 1 is 1.05 bits per heavy atom. The number of nitrogens with two attached hydrogens (primary N) is 1. The molecule has 1 aliphatic carbocycles. The van der Waals surface area contributed by atoms with Crippen LogP contribution in [-0.2, 0) is 0 Å². The standard InChI is InChI=1S/C17H29N3/c1-19(2)11-12-20(3)17-13-15(9-10-16(17)18)14-7-5-4-6-8-14/h4-8,15-17H,9-13,18H2,1-3H3. The van der Waals surface area contributed by atoms with Gasteiger partial charge in [0.05, 0.1) is 0 Å². The Morgan fingerprint density at radius 2 is 1.75 bits per heavy atom. The molecule has 1 aromatic rings. The van der Waals surface area contributed by atoms with Crippen LogP contribution in [0.4, 0.5) is 0 Å². The van der Waals surface area contributed by atoms with E-state index in [2.05, 4.69) is 61.3 Å². The smallest absolute Gasteiger partial charge is 0.0250 e. The van der Waals surface area contributed by atoms with Gasteiger partial charge in [-0.25, -0.2) is 0 Å². The molecule has 1 aromatic carbocycles. The Hall–Kier alpha value is -0.900. The number of rotatable bonds is 5. The normalized spacial score (nSPS) is 27.2. The maximum absolute atomic E-state index is 6.37. The molecule has 3 heteroatoms. The zero-order valence-electron chi connectivity index (χ0n) is 13.1. The van der Waals surface area contributed by atoms with Gasteiger partial charge >= 0.3 is 0 Å². The van der Waals surface area contributed by atoms with Crippen LogP contribution in [0.25, 0.3) is 0 Å². The number of hydrogen-bond donors (Lipinski definition) is 1. The molecule has 1 aliphatic rings. The lowest BCUT2D eigenvalue weighted by Gasteiger charge is -2.40. The largest absolute Gasteiger partial charge is 0.326 e. The summed E-state index contributed by atoms with van der Waals surface area (Å²) in [5.41, 5.74) is 7.85. The minimum Gasteiger partial charge on any atom is -0.326 e. The SMILES string of the molecule is CN(C)CCN(C)C1CC(c2ccccc2)CCC1N. The number of likely N-dealkylation sites (N-methyl/N-ethyl adjacent to an activating group) is 2. The van der Waals surface area contributed by atoms with Crippen molar-refractivity contribution in [1.29, 1.82) is 0 Å². The summed E-state index contributed by atoms with van der Waals surface area (Å²) in [6.45, 7) is 2.18. The van der Waals surface area contributed by atoms with Gasteiger partial charge in [-0.2, -0.15) is 0 Å². The minimum atomic E-state index is 0.321. The predicted molar refractivity (Wildman–Crippen MR) is 86.0 cm³/mol. The average molecular weight is 275 g/mol. The van der Waals surface area contributed by atoms with Gasteiger partial charge in [-0.1, -0.05) is 30.3 Å². The van der Waals surface area contributed by atoms with Crippen LogP contribution in [0.5, 0.6) is 0 Å². The van der Waals surface area contributed by atoms with E-state index in [-0.39, 0.29) is 0 Å². The molecule has 3 atom stereocenters. The molecule has 3 unspecified atom stereocenters. The summed E-state index contributed by atoms with van der Waals surface area (Å²) in [5.74, 6) is 0.669. The maximum atomic E-state index is 6.37. The molecule has 0 bridgehead atoms. The fraction of sp³-hybridized carbons (Fsp3) is 0.647. The van der Waals surface area contributed by atoms with E-state index in [1.165, 1.54) is 18.4 Å². The summed E-state index contributed by atoms with van der Waals surface area (Å²) in [5, 5.41) is 0. The van der Waals surface area contributed by atoms with Crippen molar-refractivity contribution in [2.75, 3.05) is 34.2 Å². The van der Waals surface area contributed by atoms with Crippen molar-refractivity contribution in [3.63, 3.8) is 0 Å². The summed E-state index contributed by atoms with van der Waals surface area (Å²) in [4.78, 5) is 4.69. The summed E-state index contributed by atoms with van der Waals surface area (Å²) in [6, 6.07) is 11.7. The molecule has 0 amide bonds. The van der Waals surface area contributed by atoms with Crippen molar-refractivity contribution in [2.45, 2.75) is 37.3 Å². The van der Waals surface area contributed by atoms with Crippen LogP contribution < -0.4 is 5.73 Å². The lowest BCUT2D eigenvalue weighted by molar-refractivity contribution is 0.147. The van der Waals surface area contributed by atoms with Gasteiger partial charge in [0.25, 0.3) is 0 Å². The fourth-order valence-corrected chi connectivity index (χ4v) is 3.23. The second-order valence-corrected chi connectivity index (χ2v) is 6.44. The first kappa shape index (κ1) is 15.5. The van der Waals surface area contributed by atoms with Crippen molar-refractivity contribution >= 4 is 0 Å². The fourth-order valence-electron chi connectivity index (χ4n) is 3.23. The highest BCUT2D eigenvalue weighted by Crippen LogP contribution is 2.34. The monoisotopic (exact) mass is 275 g/mol. The Bertz CT molecular complexity index is 390. The molecule has 0 aromatic heterocycles. The average Bonchev–Trinajstić information content (AvgIpc) is 2.46. The van der Waals surface area contributed by atoms with E-state index in [0.717, 1.165) is 19.5 Å². The molecule has 20 heavy (non-hydrogen) atoms. The van der Waals surface area contributed by atoms with Crippen molar-refractivity contribution < 1.29 is 0 Å². The molecule has 3 nitrogen and oxygen atoms in total. The van der Waals surface area contributed by atoms with E-state index in [1.807, 2.05) is 0 Å². The van der Waals surface area contributed by atoms with Gasteiger partial charge in [-0.15, -0.1) is 0 Å². The topological polar surface area (TPSA) is 32.5 Å². The second-order valence-electron chi connectivity index (χ2n) is 6.44. The zero-order valence-corrected chi connectivity index (χ0v) is 13.1. The van der Waals surface area contributed by atoms with Gasteiger partial charge in [0, 0.05) is 25.2 Å². The van der Waals surface area contributed by atoms with Gasteiger partial charge in [-0.05, 0) is 51.9 Å². The third-order valence-electron chi connectivity index (χ3n) is 4.61. The highest BCUT2D eigenvalue weighted by Gasteiger charge is 2.31. The first-order valence-electron chi connectivity index (χ1n) is 7.73. The van der Waals surface area contributed by atoms with Gasteiger partial charge in [0.1, 0.15) is 0 Å². The number of nitrogens with zero attached hydrogens (tertiary/aromatic N) is 2. The molecule has 2 rings (SSSR count). The molecule has 0 saturated heterocycles. The van der Waals surface area contributed by atoms with E-state index >= 15 is 0 Å². The Morgan fingerprint density at radius 3 is 2.40 bits per heavy atom. The van der Waals surface area contributed by atoms with Gasteiger partial charge < -0.3 is 15.5 Å². The Kier molecular flexibility index (Phi) is 5.58. The first-order valence-corrected chi connectivity index (χ1v) is 7.73. The number of hydrogen-bond acceptors (Lipinski definition) is 3. The van der Waals surface area contributed by atoms with Gasteiger partial charge in [-0.3, -0.25) is 0 Å². The van der Waals surface area contributed by atoms with E-state index < -0.39 is 0 Å². The summed E-state index contributed by atoms with van der Waals surface area (Å²) in [6.07, 6.45) is 3.55. The molecule has 0 heterocycles. The Balaban J connectivity index is 1.97. The van der Waals surface area contributed by atoms with E-state index in [4.69, 9.17) is 5.73 Å². The molecule has 1 fully saturated rings. The lowest BCUT2D eigenvalue weighted by atomic mass is 9.78. The third kappa shape index (κ3) is 4.05. The molecule has 0 radical (unpaired) electrons. The van der Waals surface area contributed by atoms with E-state index in [9.17, 15) is 0 Å². The molecule has 1 saturated carbocycles. The molecule has 112 valence electrons. The summed E-state index contributed by atoms with van der Waals surface area (Å²) >= 11 is 0. The second kappa shape index (κ2) is 7.21. The molecular weight excluding hydrogens is 246 g/mol. The molecule has 0 aliphatic heterocycles. The third-order valence-corrected chi connectivity index (χ3v) is 4.61. The van der Waals surface area contributed by atoms with Crippen LogP contribution in [0.3, 0.4) is 0 Å². The maximum Gasteiger partial charge on any atom is 0.0250 e. The number of benzene rings is 1. The molecule has 0 spiro atoms. The van der Waals surface area contributed by atoms with Crippen molar-refractivity contribution in [1.82, 2.24) is 9.80 Å². The minimum absolute atomic E-state index is 0.321. The zero-order chi connectivity index (χ0) is 14.5. The Labute approximate surface area is 123 Å². The van der Waals surface area contributed by atoms with Crippen LogP contribution in [0.1, 0.15) is 30.7 Å². The lowest BCUT2D eigenvalue weighted by Crippen LogP contribution is -2.50. The highest BCUT2D eigenvalue weighted by molar-refractivity contribution is 5.20. The first-order chi connectivity index (χ1) is 9.58. The summed E-state index contributed by atoms with van der Waals surface area (Å²) < 4.78 is 0. The van der Waals surface area contributed by atoms with Crippen LogP contribution in [0, 0.1) is 0 Å². The summed E-state index contributed by atoms with van der Waals surface area (Å²) in [7, 11) is 6.48. The van der Waals surface area contributed by atoms with Crippen molar-refractivity contribution in [2.24, 2.45) is 5.73 Å². The van der Waals surface area contributed by atoms with Crippen LogP contribution in [0.15, 0.2) is 30.3 Å². The van der Waals surface area contributed by atoms with Crippen molar-refractivity contribution in [3.05, 3.63) is 35.9 Å². The molecular formula is C17H29N3. The van der Waals surface area contributed by atoms with Crippen molar-refractivity contribution in [3.8, 4) is 0 Å². The predicted octanol–water partition coefficient (Wildman–Crippen LogP) is 2.14. The van der Waals surface area contributed by atoms with Crippen LogP contribution in [-0.4, -0.2) is 56.1 Å². The quantitative estimate of drug-likeness (QED) is 0.893. The molecule has 2 N–H and O–H groups in total. The van der Waals surface area contributed by atoms with Crippen LogP contribution in [0.2, 0.25) is 0 Å². The van der Waals surface area contributed by atoms with Gasteiger partial charge in [0.15, 0.2) is 0 Å².